The molecule has 1 heterocycles. The molecular formula is C15H11Cl2N3OS. The molecule has 1 atom stereocenters. The molecule has 2 aromatic rings. The number of thioether (sulfide) groups is 1. The van der Waals surface area contributed by atoms with Gasteiger partial charge in [-0.1, -0.05) is 35.0 Å². The number of halogens is 2. The predicted octanol–water partition coefficient (Wildman–Crippen LogP) is 4.38. The van der Waals surface area contributed by atoms with E-state index in [0.717, 1.165) is 0 Å². The highest BCUT2D eigenvalue weighted by atomic mass is 35.5. The van der Waals surface area contributed by atoms with Crippen LogP contribution >= 0.6 is 35.0 Å². The van der Waals surface area contributed by atoms with Crippen LogP contribution in [0.5, 0.6) is 0 Å². The van der Waals surface area contributed by atoms with Crippen molar-refractivity contribution in [2.45, 2.75) is 17.2 Å². The zero-order chi connectivity index (χ0) is 16.1. The Hall–Kier alpha value is -1.74. The second-order valence-corrected chi connectivity index (χ2v) is 6.57. The molecule has 1 amide bonds. The molecule has 0 radical (unpaired) electrons. The molecule has 0 bridgehead atoms. The highest BCUT2D eigenvalue weighted by molar-refractivity contribution is 8.00. The molecule has 1 aromatic carbocycles. The number of anilines is 1. The molecule has 1 N–H and O–H groups in total. The fourth-order valence-electron chi connectivity index (χ4n) is 1.60. The molecule has 7 heteroatoms. The Bertz CT molecular complexity index is 746. The van der Waals surface area contributed by atoms with E-state index < -0.39 is 5.25 Å². The Morgan fingerprint density at radius 1 is 1.36 bits per heavy atom. The van der Waals surface area contributed by atoms with E-state index in [-0.39, 0.29) is 5.91 Å². The van der Waals surface area contributed by atoms with E-state index in [2.05, 4.69) is 10.3 Å². The summed E-state index contributed by atoms with van der Waals surface area (Å²) in [6, 6.07) is 10.2. The van der Waals surface area contributed by atoms with Crippen molar-refractivity contribution in [1.82, 2.24) is 4.98 Å². The molecule has 0 aliphatic rings. The number of carbonyl (C=O) groups is 1. The topological polar surface area (TPSA) is 65.8 Å². The third-order valence-electron chi connectivity index (χ3n) is 2.72. The van der Waals surface area contributed by atoms with Crippen LogP contribution in [0, 0.1) is 11.3 Å². The number of nitriles is 1. The highest BCUT2D eigenvalue weighted by Gasteiger charge is 2.16. The van der Waals surface area contributed by atoms with E-state index >= 15 is 0 Å². The Labute approximate surface area is 142 Å². The number of hydrogen-bond donors (Lipinski definition) is 1. The maximum absolute atomic E-state index is 12.2. The summed E-state index contributed by atoms with van der Waals surface area (Å²) in [7, 11) is 0. The first-order chi connectivity index (χ1) is 10.5. The lowest BCUT2D eigenvalue weighted by Crippen LogP contribution is -2.22. The van der Waals surface area contributed by atoms with E-state index in [1.165, 1.54) is 11.8 Å². The summed E-state index contributed by atoms with van der Waals surface area (Å²) in [4.78, 5) is 16.3. The molecule has 0 saturated carbocycles. The van der Waals surface area contributed by atoms with Gasteiger partial charge in [0.25, 0.3) is 0 Å². The van der Waals surface area contributed by atoms with E-state index in [1.807, 2.05) is 6.07 Å². The molecule has 0 spiro atoms. The average Bonchev–Trinajstić information content (AvgIpc) is 2.50. The number of hydrogen-bond acceptors (Lipinski definition) is 4. The summed E-state index contributed by atoms with van der Waals surface area (Å²) in [5.74, 6) is -0.210. The minimum Gasteiger partial charge on any atom is -0.324 e. The van der Waals surface area contributed by atoms with E-state index in [0.29, 0.717) is 26.3 Å². The normalized spacial score (nSPS) is 11.5. The second-order valence-electron chi connectivity index (χ2n) is 4.37. The molecule has 22 heavy (non-hydrogen) atoms. The molecular weight excluding hydrogens is 341 g/mol. The van der Waals surface area contributed by atoms with Gasteiger partial charge in [-0.25, -0.2) is 4.98 Å². The van der Waals surface area contributed by atoms with Crippen molar-refractivity contribution in [2.75, 3.05) is 5.32 Å². The number of rotatable bonds is 4. The van der Waals surface area contributed by atoms with E-state index in [4.69, 9.17) is 28.5 Å². The Kier molecular flexibility index (Phi) is 5.67. The number of benzene rings is 1. The Balaban J connectivity index is 2.04. The van der Waals surface area contributed by atoms with Gasteiger partial charge in [0.05, 0.1) is 32.6 Å². The number of nitrogens with one attached hydrogen (secondary N) is 1. The van der Waals surface area contributed by atoms with Crippen molar-refractivity contribution in [2.24, 2.45) is 0 Å². The van der Waals surface area contributed by atoms with Crippen LogP contribution in [-0.2, 0) is 4.79 Å². The van der Waals surface area contributed by atoms with Gasteiger partial charge in [-0.05, 0) is 37.3 Å². The minimum absolute atomic E-state index is 0.210. The van der Waals surface area contributed by atoms with Gasteiger partial charge in [0.2, 0.25) is 5.91 Å². The van der Waals surface area contributed by atoms with Crippen molar-refractivity contribution in [3.05, 3.63) is 52.1 Å². The van der Waals surface area contributed by atoms with Crippen LogP contribution in [-0.4, -0.2) is 16.1 Å². The summed E-state index contributed by atoms with van der Waals surface area (Å²) >= 11 is 13.1. The smallest absolute Gasteiger partial charge is 0.237 e. The van der Waals surface area contributed by atoms with Crippen LogP contribution in [0.2, 0.25) is 10.0 Å². The zero-order valence-electron chi connectivity index (χ0n) is 11.5. The first-order valence-electron chi connectivity index (χ1n) is 6.28. The van der Waals surface area contributed by atoms with Crippen LogP contribution < -0.4 is 5.32 Å². The summed E-state index contributed by atoms with van der Waals surface area (Å²) in [6.07, 6.45) is 1.54. The lowest BCUT2D eigenvalue weighted by molar-refractivity contribution is -0.115. The van der Waals surface area contributed by atoms with Crippen molar-refractivity contribution in [3.63, 3.8) is 0 Å². The summed E-state index contributed by atoms with van der Waals surface area (Å²) in [5.41, 5.74) is 1.01. The first-order valence-corrected chi connectivity index (χ1v) is 7.92. The van der Waals surface area contributed by atoms with Crippen LogP contribution in [0.4, 0.5) is 5.69 Å². The number of amides is 1. The standard InChI is InChI=1S/C15H11Cl2N3OS/c1-9(22-14-6-10(8-18)4-5-19-14)15(21)20-13-3-2-11(16)7-12(13)17/h2-7,9H,1H3,(H,20,21). The number of pyridine rings is 1. The fourth-order valence-corrected chi connectivity index (χ4v) is 2.90. The quantitative estimate of drug-likeness (QED) is 0.830. The zero-order valence-corrected chi connectivity index (χ0v) is 13.8. The maximum atomic E-state index is 12.2. The van der Waals surface area contributed by atoms with Gasteiger partial charge in [0.1, 0.15) is 0 Å². The average molecular weight is 352 g/mol. The molecule has 0 aliphatic carbocycles. The largest absolute Gasteiger partial charge is 0.324 e. The molecule has 0 aliphatic heterocycles. The molecule has 0 saturated heterocycles. The highest BCUT2D eigenvalue weighted by Crippen LogP contribution is 2.27. The van der Waals surface area contributed by atoms with Crippen molar-refractivity contribution in [3.8, 4) is 6.07 Å². The molecule has 2 rings (SSSR count). The maximum Gasteiger partial charge on any atom is 0.237 e. The summed E-state index contributed by atoms with van der Waals surface area (Å²) in [6.45, 7) is 1.75. The van der Waals surface area contributed by atoms with E-state index in [1.54, 1.807) is 43.5 Å². The predicted molar refractivity (Wildman–Crippen MR) is 89.4 cm³/mol. The van der Waals surface area contributed by atoms with Gasteiger partial charge in [-0.2, -0.15) is 5.26 Å². The number of aromatic nitrogens is 1. The molecule has 1 aromatic heterocycles. The van der Waals surface area contributed by atoms with Crippen molar-refractivity contribution in [1.29, 1.82) is 5.26 Å². The van der Waals surface area contributed by atoms with Crippen LogP contribution in [0.1, 0.15) is 12.5 Å². The van der Waals surface area contributed by atoms with Gasteiger partial charge in [0.15, 0.2) is 0 Å². The SMILES string of the molecule is CC(Sc1cc(C#N)ccn1)C(=O)Nc1ccc(Cl)cc1Cl. The molecule has 0 fully saturated rings. The number of nitrogens with zero attached hydrogens (tertiary/aromatic N) is 2. The Morgan fingerprint density at radius 2 is 2.14 bits per heavy atom. The third-order valence-corrected chi connectivity index (χ3v) is 4.30. The van der Waals surface area contributed by atoms with Gasteiger partial charge in [-0.3, -0.25) is 4.79 Å². The van der Waals surface area contributed by atoms with E-state index in [9.17, 15) is 4.79 Å². The first kappa shape index (κ1) is 16.6. The lowest BCUT2D eigenvalue weighted by Gasteiger charge is -2.12. The van der Waals surface area contributed by atoms with Crippen molar-refractivity contribution >= 4 is 46.6 Å². The summed E-state index contributed by atoms with van der Waals surface area (Å²) in [5, 5.41) is 12.7. The molecule has 1 unspecified atom stereocenters. The fraction of sp³-hybridized carbons (Fsp3) is 0.133. The molecule has 112 valence electrons. The van der Waals surface area contributed by atoms with Gasteiger partial charge in [0, 0.05) is 11.2 Å². The second kappa shape index (κ2) is 7.50. The third kappa shape index (κ3) is 4.38. The number of carbonyl (C=O) groups excluding carboxylic acids is 1. The minimum atomic E-state index is -0.395. The Morgan fingerprint density at radius 3 is 2.82 bits per heavy atom. The van der Waals surface area contributed by atoms with Crippen LogP contribution in [0.25, 0.3) is 0 Å². The van der Waals surface area contributed by atoms with Gasteiger partial charge >= 0.3 is 0 Å². The van der Waals surface area contributed by atoms with Crippen LogP contribution in [0.15, 0.2) is 41.6 Å². The van der Waals surface area contributed by atoms with Gasteiger partial charge in [-0.15, -0.1) is 0 Å². The monoisotopic (exact) mass is 351 g/mol. The lowest BCUT2D eigenvalue weighted by atomic mass is 10.3. The van der Waals surface area contributed by atoms with Gasteiger partial charge < -0.3 is 5.32 Å². The van der Waals surface area contributed by atoms with Crippen LogP contribution in [0.3, 0.4) is 0 Å². The summed E-state index contributed by atoms with van der Waals surface area (Å²) < 4.78 is 0. The molecule has 4 nitrogen and oxygen atoms in total. The van der Waals surface area contributed by atoms with Crippen molar-refractivity contribution < 1.29 is 4.79 Å².